The third-order valence-corrected chi connectivity index (χ3v) is 4.74. The monoisotopic (exact) mass is 261 g/mol. The second kappa shape index (κ2) is 6.97. The fourth-order valence-electron chi connectivity index (χ4n) is 2.84. The van der Waals surface area contributed by atoms with Crippen molar-refractivity contribution >= 4 is 11.3 Å². The Bertz CT molecular complexity index is 424. The second-order valence-corrected chi connectivity index (χ2v) is 5.99. The zero-order chi connectivity index (χ0) is 12.8. The van der Waals surface area contributed by atoms with Crippen molar-refractivity contribution < 1.29 is 0 Å². The van der Waals surface area contributed by atoms with Crippen molar-refractivity contribution in [3.63, 3.8) is 0 Å². The molecule has 0 saturated heterocycles. The van der Waals surface area contributed by atoms with E-state index in [9.17, 15) is 0 Å². The first-order chi connectivity index (χ1) is 8.86. The number of rotatable bonds is 5. The standard InChI is InChI=1S/C16H23NS/c1-3-5-8-15(17-11-4-2)13-7-6-9-16-14(13)10-12-18-16/h10,12-13,15,17H,4,6-9,11H2,1-2H3. The first-order valence-electron chi connectivity index (χ1n) is 7.06. The molecule has 18 heavy (non-hydrogen) atoms. The molecular formula is C16H23NS. The number of aryl methyl sites for hydroxylation is 1. The average Bonchev–Trinajstić information content (AvgIpc) is 2.87. The Balaban J connectivity index is 2.12. The molecule has 1 aromatic heterocycles. The van der Waals surface area contributed by atoms with Crippen LogP contribution in [0.2, 0.25) is 0 Å². The summed E-state index contributed by atoms with van der Waals surface area (Å²) < 4.78 is 0. The Hall–Kier alpha value is -0.780. The molecule has 1 nitrogen and oxygen atoms in total. The average molecular weight is 261 g/mol. The van der Waals surface area contributed by atoms with Gasteiger partial charge in [0.05, 0.1) is 0 Å². The lowest BCUT2D eigenvalue weighted by Gasteiger charge is -2.30. The van der Waals surface area contributed by atoms with Crippen molar-refractivity contribution in [1.29, 1.82) is 0 Å². The Morgan fingerprint density at radius 3 is 3.22 bits per heavy atom. The van der Waals surface area contributed by atoms with Crippen LogP contribution in [0, 0.1) is 11.8 Å². The van der Waals surface area contributed by atoms with Crippen LogP contribution in [0.15, 0.2) is 11.4 Å². The van der Waals surface area contributed by atoms with Gasteiger partial charge in [-0.3, -0.25) is 0 Å². The highest BCUT2D eigenvalue weighted by Crippen LogP contribution is 2.37. The Labute approximate surface area is 115 Å². The first-order valence-corrected chi connectivity index (χ1v) is 7.94. The summed E-state index contributed by atoms with van der Waals surface area (Å²) >= 11 is 1.93. The largest absolute Gasteiger partial charge is 0.312 e. The van der Waals surface area contributed by atoms with Gasteiger partial charge in [0, 0.05) is 23.3 Å². The normalized spacial score (nSPS) is 19.8. The van der Waals surface area contributed by atoms with Crippen molar-refractivity contribution in [3.05, 3.63) is 21.9 Å². The van der Waals surface area contributed by atoms with Gasteiger partial charge in [-0.2, -0.15) is 0 Å². The SMILES string of the molecule is CC#CCC(NCCC)C1CCCc2sccc21. The van der Waals surface area contributed by atoms with Crippen LogP contribution in [0.5, 0.6) is 0 Å². The zero-order valence-electron chi connectivity index (χ0n) is 11.5. The third kappa shape index (κ3) is 3.16. The van der Waals surface area contributed by atoms with Gasteiger partial charge in [-0.1, -0.05) is 6.92 Å². The van der Waals surface area contributed by atoms with Crippen LogP contribution in [-0.4, -0.2) is 12.6 Å². The van der Waals surface area contributed by atoms with Crippen LogP contribution >= 0.6 is 11.3 Å². The second-order valence-electron chi connectivity index (χ2n) is 4.99. The summed E-state index contributed by atoms with van der Waals surface area (Å²) in [7, 11) is 0. The summed E-state index contributed by atoms with van der Waals surface area (Å²) in [6.45, 7) is 5.27. The molecule has 1 heterocycles. The number of hydrogen-bond acceptors (Lipinski definition) is 2. The van der Waals surface area contributed by atoms with E-state index >= 15 is 0 Å². The summed E-state index contributed by atoms with van der Waals surface area (Å²) in [6, 6.07) is 2.87. The van der Waals surface area contributed by atoms with E-state index in [0.717, 1.165) is 13.0 Å². The van der Waals surface area contributed by atoms with E-state index in [1.807, 2.05) is 18.3 Å². The van der Waals surface area contributed by atoms with Crippen molar-refractivity contribution in [2.75, 3.05) is 6.54 Å². The van der Waals surface area contributed by atoms with Gasteiger partial charge in [-0.05, 0) is 56.2 Å². The predicted octanol–water partition coefficient (Wildman–Crippen LogP) is 3.95. The summed E-state index contributed by atoms with van der Waals surface area (Å²) in [5, 5.41) is 5.96. The van der Waals surface area contributed by atoms with E-state index in [1.165, 1.54) is 25.7 Å². The Kier molecular flexibility index (Phi) is 5.28. The minimum atomic E-state index is 0.533. The molecule has 0 spiro atoms. The lowest BCUT2D eigenvalue weighted by atomic mass is 9.81. The topological polar surface area (TPSA) is 12.0 Å². The Morgan fingerprint density at radius 2 is 2.44 bits per heavy atom. The fourth-order valence-corrected chi connectivity index (χ4v) is 3.84. The molecule has 2 atom stereocenters. The van der Waals surface area contributed by atoms with Crippen molar-refractivity contribution in [3.8, 4) is 11.8 Å². The van der Waals surface area contributed by atoms with Crippen LogP contribution in [0.4, 0.5) is 0 Å². The molecule has 0 aromatic carbocycles. The minimum Gasteiger partial charge on any atom is -0.312 e. The molecule has 1 aromatic rings. The third-order valence-electron chi connectivity index (χ3n) is 3.74. The highest BCUT2D eigenvalue weighted by Gasteiger charge is 2.27. The van der Waals surface area contributed by atoms with Gasteiger partial charge in [-0.15, -0.1) is 23.2 Å². The van der Waals surface area contributed by atoms with Crippen molar-refractivity contribution in [2.24, 2.45) is 0 Å². The molecule has 0 aliphatic heterocycles. The maximum atomic E-state index is 3.71. The highest BCUT2D eigenvalue weighted by molar-refractivity contribution is 7.10. The maximum Gasteiger partial charge on any atom is 0.0249 e. The quantitative estimate of drug-likeness (QED) is 0.791. The Morgan fingerprint density at radius 1 is 1.56 bits per heavy atom. The van der Waals surface area contributed by atoms with Crippen LogP contribution in [0.25, 0.3) is 0 Å². The van der Waals surface area contributed by atoms with Crippen LogP contribution in [0.1, 0.15) is 55.9 Å². The molecule has 1 N–H and O–H groups in total. The molecule has 0 fully saturated rings. The molecule has 98 valence electrons. The van der Waals surface area contributed by atoms with Gasteiger partial charge in [-0.25, -0.2) is 0 Å². The molecule has 2 rings (SSSR count). The lowest BCUT2D eigenvalue weighted by Crippen LogP contribution is -2.36. The van der Waals surface area contributed by atoms with Crippen molar-refractivity contribution in [2.45, 2.75) is 57.9 Å². The van der Waals surface area contributed by atoms with Crippen molar-refractivity contribution in [1.82, 2.24) is 5.32 Å². The molecule has 0 bridgehead atoms. The molecule has 0 amide bonds. The van der Waals surface area contributed by atoms with Crippen LogP contribution < -0.4 is 5.32 Å². The van der Waals surface area contributed by atoms with E-state index in [2.05, 4.69) is 35.5 Å². The molecule has 0 saturated carbocycles. The van der Waals surface area contributed by atoms with Gasteiger partial charge in [0.2, 0.25) is 0 Å². The van der Waals surface area contributed by atoms with E-state index in [-0.39, 0.29) is 0 Å². The summed E-state index contributed by atoms with van der Waals surface area (Å²) in [5.74, 6) is 6.99. The summed E-state index contributed by atoms with van der Waals surface area (Å²) in [5.41, 5.74) is 1.60. The smallest absolute Gasteiger partial charge is 0.0249 e. The van der Waals surface area contributed by atoms with Gasteiger partial charge in [0.1, 0.15) is 0 Å². The molecule has 2 heteroatoms. The van der Waals surface area contributed by atoms with E-state index in [1.54, 1.807) is 10.4 Å². The van der Waals surface area contributed by atoms with Gasteiger partial charge >= 0.3 is 0 Å². The maximum absolute atomic E-state index is 3.71. The highest BCUT2D eigenvalue weighted by atomic mass is 32.1. The molecule has 1 aliphatic carbocycles. The first kappa shape index (κ1) is 13.6. The molecule has 2 unspecified atom stereocenters. The van der Waals surface area contributed by atoms with E-state index in [0.29, 0.717) is 12.0 Å². The summed E-state index contributed by atoms with van der Waals surface area (Å²) in [6.07, 6.45) is 6.11. The van der Waals surface area contributed by atoms with Gasteiger partial charge in [0.15, 0.2) is 0 Å². The van der Waals surface area contributed by atoms with Crippen LogP contribution in [-0.2, 0) is 6.42 Å². The fraction of sp³-hybridized carbons (Fsp3) is 0.625. The number of nitrogens with one attached hydrogen (secondary N) is 1. The van der Waals surface area contributed by atoms with E-state index < -0.39 is 0 Å². The summed E-state index contributed by atoms with van der Waals surface area (Å²) in [4.78, 5) is 1.61. The molecule has 0 radical (unpaired) electrons. The number of fused-ring (bicyclic) bond motifs is 1. The number of thiophene rings is 1. The molecular weight excluding hydrogens is 238 g/mol. The van der Waals surface area contributed by atoms with E-state index in [4.69, 9.17) is 0 Å². The molecule has 1 aliphatic rings. The van der Waals surface area contributed by atoms with Gasteiger partial charge < -0.3 is 5.32 Å². The number of hydrogen-bond donors (Lipinski definition) is 1. The lowest BCUT2D eigenvalue weighted by molar-refractivity contribution is 0.399. The van der Waals surface area contributed by atoms with Gasteiger partial charge in [0.25, 0.3) is 0 Å². The van der Waals surface area contributed by atoms with Crippen LogP contribution in [0.3, 0.4) is 0 Å². The zero-order valence-corrected chi connectivity index (χ0v) is 12.3. The minimum absolute atomic E-state index is 0.533. The predicted molar refractivity (Wildman–Crippen MR) is 80.1 cm³/mol.